The van der Waals surface area contributed by atoms with E-state index in [1.54, 1.807) is 13.8 Å². The molecule has 1 N–H and O–H groups in total. The SMILES string of the molecule is CCCc1nc(CC)c(C(=O)OCOC(=O)C(C)(C)OC)n1Cc1ccc(-c2ccccc2-c2nnn[nH]2)cc1. The number of hydrogen-bond acceptors (Lipinski definition) is 9. The summed E-state index contributed by atoms with van der Waals surface area (Å²) in [4.78, 5) is 30.2. The van der Waals surface area contributed by atoms with Crippen molar-refractivity contribution < 1.29 is 23.8 Å². The average molecular weight is 547 g/mol. The minimum absolute atomic E-state index is 0.361. The van der Waals surface area contributed by atoms with Gasteiger partial charge in [-0.25, -0.2) is 19.7 Å². The van der Waals surface area contributed by atoms with Crippen molar-refractivity contribution in [3.8, 4) is 22.5 Å². The third kappa shape index (κ3) is 6.26. The maximum absolute atomic E-state index is 13.2. The largest absolute Gasteiger partial charge is 0.426 e. The second kappa shape index (κ2) is 12.6. The average Bonchev–Trinajstić information content (AvgIpc) is 3.62. The number of imidazole rings is 1. The molecule has 0 saturated heterocycles. The molecular weight excluding hydrogens is 512 g/mol. The van der Waals surface area contributed by atoms with Gasteiger partial charge < -0.3 is 18.8 Å². The number of carbonyl (C=O) groups is 2. The smallest absolute Gasteiger partial charge is 0.359 e. The summed E-state index contributed by atoms with van der Waals surface area (Å²) in [6.45, 7) is 7.07. The number of rotatable bonds is 12. The summed E-state index contributed by atoms with van der Waals surface area (Å²) in [6, 6.07) is 16.0. The standard InChI is InChI=1S/C29H34N6O5/c1-6-10-24-30-23(7-2)25(27(36)39-18-40-28(37)29(3,4)38-5)35(24)17-19-13-15-20(16-14-19)21-11-8-9-12-22(21)26-31-33-34-32-26/h8-9,11-16H,6-7,10,17-18H2,1-5H3,(H,31,32,33,34). The molecule has 0 radical (unpaired) electrons. The van der Waals surface area contributed by atoms with Crippen LogP contribution in [-0.2, 0) is 38.4 Å². The molecule has 40 heavy (non-hydrogen) atoms. The minimum Gasteiger partial charge on any atom is -0.426 e. The molecule has 0 saturated carbocycles. The van der Waals surface area contributed by atoms with Gasteiger partial charge in [-0.05, 0) is 53.8 Å². The van der Waals surface area contributed by atoms with E-state index in [9.17, 15) is 9.59 Å². The van der Waals surface area contributed by atoms with E-state index in [0.29, 0.717) is 36.6 Å². The van der Waals surface area contributed by atoms with Crippen LogP contribution in [0, 0.1) is 0 Å². The second-order valence-electron chi connectivity index (χ2n) is 9.70. The molecule has 4 aromatic rings. The van der Waals surface area contributed by atoms with Gasteiger partial charge in [0.15, 0.2) is 17.1 Å². The molecule has 11 nitrogen and oxygen atoms in total. The lowest BCUT2D eigenvalue weighted by atomic mass is 9.98. The minimum atomic E-state index is -1.14. The Hall–Kier alpha value is -4.38. The van der Waals surface area contributed by atoms with Crippen LogP contribution in [0.3, 0.4) is 0 Å². The molecule has 0 aliphatic heterocycles. The quantitative estimate of drug-likeness (QED) is 0.203. The summed E-state index contributed by atoms with van der Waals surface area (Å²) in [6.07, 6.45) is 2.12. The number of aromatic nitrogens is 6. The third-order valence-corrected chi connectivity index (χ3v) is 6.64. The first-order valence-corrected chi connectivity index (χ1v) is 13.2. The molecule has 2 aromatic carbocycles. The van der Waals surface area contributed by atoms with Crippen molar-refractivity contribution in [2.75, 3.05) is 13.9 Å². The number of esters is 2. The normalized spacial score (nSPS) is 11.4. The summed E-state index contributed by atoms with van der Waals surface area (Å²) in [5.74, 6) is 0.172. The Morgan fingerprint density at radius 2 is 1.73 bits per heavy atom. The van der Waals surface area contributed by atoms with E-state index in [2.05, 4.69) is 27.5 Å². The number of aromatic amines is 1. The van der Waals surface area contributed by atoms with Crippen LogP contribution in [0.4, 0.5) is 0 Å². The van der Waals surface area contributed by atoms with Crippen LogP contribution in [0.15, 0.2) is 48.5 Å². The number of aryl methyl sites for hydroxylation is 2. The molecule has 0 spiro atoms. The van der Waals surface area contributed by atoms with Gasteiger partial charge in [-0.2, -0.15) is 0 Å². The lowest BCUT2D eigenvalue weighted by molar-refractivity contribution is -0.173. The molecule has 11 heteroatoms. The van der Waals surface area contributed by atoms with E-state index >= 15 is 0 Å². The predicted molar refractivity (Wildman–Crippen MR) is 147 cm³/mol. The van der Waals surface area contributed by atoms with Crippen LogP contribution in [0.1, 0.15) is 61.7 Å². The fraction of sp³-hybridized carbons (Fsp3) is 0.379. The summed E-state index contributed by atoms with van der Waals surface area (Å²) < 4.78 is 17.5. The molecule has 0 amide bonds. The zero-order valence-electron chi connectivity index (χ0n) is 23.4. The van der Waals surface area contributed by atoms with E-state index < -0.39 is 24.3 Å². The number of methoxy groups -OCH3 is 1. The maximum atomic E-state index is 13.2. The van der Waals surface area contributed by atoms with Crippen molar-refractivity contribution in [3.05, 3.63) is 71.3 Å². The Bertz CT molecular complexity index is 1440. The van der Waals surface area contributed by atoms with Crippen molar-refractivity contribution in [2.45, 2.75) is 59.1 Å². The Morgan fingerprint density at radius 3 is 2.35 bits per heavy atom. The first-order chi connectivity index (χ1) is 19.3. The second-order valence-corrected chi connectivity index (χ2v) is 9.70. The van der Waals surface area contributed by atoms with E-state index in [0.717, 1.165) is 34.5 Å². The topological polar surface area (TPSA) is 134 Å². The van der Waals surface area contributed by atoms with E-state index in [4.69, 9.17) is 19.2 Å². The van der Waals surface area contributed by atoms with E-state index in [-0.39, 0.29) is 0 Å². The molecule has 210 valence electrons. The highest BCUT2D eigenvalue weighted by Gasteiger charge is 2.30. The number of tetrazole rings is 1. The summed E-state index contributed by atoms with van der Waals surface area (Å²) in [5, 5.41) is 14.3. The fourth-order valence-electron chi connectivity index (χ4n) is 4.26. The van der Waals surface area contributed by atoms with Crippen LogP contribution in [0.25, 0.3) is 22.5 Å². The highest BCUT2D eigenvalue weighted by Crippen LogP contribution is 2.30. The number of benzene rings is 2. The lowest BCUT2D eigenvalue weighted by Gasteiger charge is -2.20. The number of carbonyl (C=O) groups excluding carboxylic acids is 2. The molecule has 4 rings (SSSR count). The van der Waals surface area contributed by atoms with Crippen LogP contribution in [-0.4, -0.2) is 61.6 Å². The van der Waals surface area contributed by atoms with Gasteiger partial charge in [0.05, 0.1) is 5.69 Å². The van der Waals surface area contributed by atoms with Crippen molar-refractivity contribution in [2.24, 2.45) is 0 Å². The highest BCUT2D eigenvalue weighted by atomic mass is 16.7. The molecule has 0 aliphatic carbocycles. The van der Waals surface area contributed by atoms with Crippen LogP contribution in [0.2, 0.25) is 0 Å². The van der Waals surface area contributed by atoms with Gasteiger partial charge in [0.1, 0.15) is 5.82 Å². The van der Waals surface area contributed by atoms with Gasteiger partial charge >= 0.3 is 11.9 Å². The molecule has 0 bridgehead atoms. The summed E-state index contributed by atoms with van der Waals surface area (Å²) in [5.41, 5.74) is 3.74. The third-order valence-electron chi connectivity index (χ3n) is 6.64. The van der Waals surface area contributed by atoms with Crippen molar-refractivity contribution in [1.82, 2.24) is 30.2 Å². The first kappa shape index (κ1) is 28.6. The fourth-order valence-corrected chi connectivity index (χ4v) is 4.26. The van der Waals surface area contributed by atoms with Crippen LogP contribution >= 0.6 is 0 Å². The molecule has 2 aromatic heterocycles. The maximum Gasteiger partial charge on any atom is 0.359 e. The Balaban J connectivity index is 1.57. The lowest BCUT2D eigenvalue weighted by Crippen LogP contribution is -2.36. The molecule has 2 heterocycles. The zero-order chi connectivity index (χ0) is 28.7. The molecular formula is C29H34N6O5. The number of hydrogen-bond donors (Lipinski definition) is 1. The van der Waals surface area contributed by atoms with E-state index in [1.165, 1.54) is 7.11 Å². The summed E-state index contributed by atoms with van der Waals surface area (Å²) >= 11 is 0. The Kier molecular flexibility index (Phi) is 9.05. The zero-order valence-corrected chi connectivity index (χ0v) is 23.4. The van der Waals surface area contributed by atoms with Crippen molar-refractivity contribution >= 4 is 11.9 Å². The van der Waals surface area contributed by atoms with Gasteiger partial charge in [-0.1, -0.05) is 62.4 Å². The van der Waals surface area contributed by atoms with Crippen molar-refractivity contribution in [1.29, 1.82) is 0 Å². The number of nitrogens with one attached hydrogen (secondary N) is 1. The number of H-pyrrole nitrogens is 1. The molecule has 0 atom stereocenters. The number of nitrogens with zero attached hydrogens (tertiary/aromatic N) is 5. The Morgan fingerprint density at radius 1 is 1.00 bits per heavy atom. The van der Waals surface area contributed by atoms with Crippen LogP contribution in [0.5, 0.6) is 0 Å². The number of ether oxygens (including phenoxy) is 3. The molecule has 0 unspecified atom stereocenters. The monoisotopic (exact) mass is 546 g/mol. The predicted octanol–water partition coefficient (Wildman–Crippen LogP) is 4.38. The molecule has 0 fully saturated rings. The van der Waals surface area contributed by atoms with Gasteiger partial charge in [0, 0.05) is 25.6 Å². The van der Waals surface area contributed by atoms with E-state index in [1.807, 2.05) is 60.0 Å². The first-order valence-electron chi connectivity index (χ1n) is 13.2. The summed E-state index contributed by atoms with van der Waals surface area (Å²) in [7, 11) is 1.41. The van der Waals surface area contributed by atoms with Gasteiger partial charge in [0.25, 0.3) is 0 Å². The highest BCUT2D eigenvalue weighted by molar-refractivity contribution is 5.89. The Labute approximate surface area is 232 Å². The molecule has 0 aliphatic rings. The van der Waals surface area contributed by atoms with Gasteiger partial charge in [-0.15, -0.1) is 5.10 Å². The van der Waals surface area contributed by atoms with Gasteiger partial charge in [0.2, 0.25) is 6.79 Å². The van der Waals surface area contributed by atoms with Crippen molar-refractivity contribution in [3.63, 3.8) is 0 Å². The van der Waals surface area contributed by atoms with Crippen LogP contribution < -0.4 is 0 Å². The van der Waals surface area contributed by atoms with Gasteiger partial charge in [-0.3, -0.25) is 0 Å².